The predicted molar refractivity (Wildman–Crippen MR) is 82.6 cm³/mol. The lowest BCUT2D eigenvalue weighted by Gasteiger charge is -2.26. The molecule has 0 atom stereocenters. The molecule has 1 fully saturated rings. The number of hydrogen-bond donors (Lipinski definition) is 0. The van der Waals surface area contributed by atoms with E-state index in [2.05, 4.69) is 9.47 Å². The summed E-state index contributed by atoms with van der Waals surface area (Å²) >= 11 is 6.08. The van der Waals surface area contributed by atoms with E-state index in [0.717, 1.165) is 35.8 Å². The molecule has 0 amide bonds. The fraction of sp³-hybridized carbons (Fsp3) is 0.438. The number of carbonyl (C=O) groups is 1. The molecule has 2 heterocycles. The minimum absolute atomic E-state index is 0.715. The SMILES string of the molecule is O=Cc1cn(CCN2CCCCC2)c2cc(Cl)ccc12. The maximum Gasteiger partial charge on any atom is 0.152 e. The zero-order chi connectivity index (χ0) is 13.9. The summed E-state index contributed by atoms with van der Waals surface area (Å²) in [5.74, 6) is 0. The van der Waals surface area contributed by atoms with Crippen LogP contribution in [0.3, 0.4) is 0 Å². The number of halogens is 1. The van der Waals surface area contributed by atoms with Gasteiger partial charge in [0.25, 0.3) is 0 Å². The molecule has 4 heteroatoms. The molecule has 0 bridgehead atoms. The van der Waals surface area contributed by atoms with Crippen LogP contribution in [0.1, 0.15) is 29.6 Å². The Morgan fingerprint density at radius 1 is 1.15 bits per heavy atom. The van der Waals surface area contributed by atoms with Gasteiger partial charge < -0.3 is 9.47 Å². The summed E-state index contributed by atoms with van der Waals surface area (Å²) in [5.41, 5.74) is 1.80. The van der Waals surface area contributed by atoms with Crippen molar-refractivity contribution in [3.05, 3.63) is 35.0 Å². The van der Waals surface area contributed by atoms with Gasteiger partial charge >= 0.3 is 0 Å². The van der Waals surface area contributed by atoms with E-state index in [1.807, 2.05) is 24.4 Å². The lowest BCUT2D eigenvalue weighted by Crippen LogP contribution is -2.32. The van der Waals surface area contributed by atoms with Crippen molar-refractivity contribution in [1.29, 1.82) is 0 Å². The van der Waals surface area contributed by atoms with Crippen LogP contribution in [0.2, 0.25) is 5.02 Å². The van der Waals surface area contributed by atoms with Gasteiger partial charge in [-0.1, -0.05) is 24.1 Å². The largest absolute Gasteiger partial charge is 0.345 e. The van der Waals surface area contributed by atoms with Gasteiger partial charge in [-0.25, -0.2) is 0 Å². The van der Waals surface area contributed by atoms with Crippen LogP contribution in [-0.4, -0.2) is 35.4 Å². The second kappa shape index (κ2) is 5.98. The maximum absolute atomic E-state index is 11.2. The van der Waals surface area contributed by atoms with Crippen molar-refractivity contribution in [3.63, 3.8) is 0 Å². The van der Waals surface area contributed by atoms with Crippen molar-refractivity contribution < 1.29 is 4.79 Å². The summed E-state index contributed by atoms with van der Waals surface area (Å²) in [6, 6.07) is 5.71. The first kappa shape index (κ1) is 13.7. The normalized spacial score (nSPS) is 16.6. The highest BCUT2D eigenvalue weighted by molar-refractivity contribution is 6.31. The Morgan fingerprint density at radius 2 is 1.95 bits per heavy atom. The van der Waals surface area contributed by atoms with Crippen LogP contribution in [0.15, 0.2) is 24.4 Å². The number of fused-ring (bicyclic) bond motifs is 1. The van der Waals surface area contributed by atoms with Crippen LogP contribution in [0.25, 0.3) is 10.9 Å². The molecule has 0 saturated carbocycles. The van der Waals surface area contributed by atoms with E-state index in [9.17, 15) is 4.79 Å². The molecule has 0 radical (unpaired) electrons. The number of aromatic nitrogens is 1. The first-order chi connectivity index (χ1) is 9.78. The van der Waals surface area contributed by atoms with Crippen molar-refractivity contribution in [3.8, 4) is 0 Å². The number of likely N-dealkylation sites (tertiary alicyclic amines) is 1. The second-order valence-corrected chi connectivity index (χ2v) is 5.90. The van der Waals surface area contributed by atoms with Gasteiger partial charge in [0.05, 0.1) is 5.52 Å². The van der Waals surface area contributed by atoms with Crippen LogP contribution < -0.4 is 0 Å². The summed E-state index contributed by atoms with van der Waals surface area (Å²) in [7, 11) is 0. The fourth-order valence-electron chi connectivity index (χ4n) is 3.00. The first-order valence-corrected chi connectivity index (χ1v) is 7.61. The molecule has 1 aliphatic rings. The van der Waals surface area contributed by atoms with Crippen LogP contribution in [0.4, 0.5) is 0 Å². The fourth-order valence-corrected chi connectivity index (χ4v) is 3.17. The number of nitrogens with zero attached hydrogens (tertiary/aromatic N) is 2. The van der Waals surface area contributed by atoms with Crippen molar-refractivity contribution in [1.82, 2.24) is 9.47 Å². The second-order valence-electron chi connectivity index (χ2n) is 5.46. The van der Waals surface area contributed by atoms with E-state index in [4.69, 9.17) is 11.6 Å². The average Bonchev–Trinajstić information content (AvgIpc) is 2.83. The number of piperidine rings is 1. The van der Waals surface area contributed by atoms with Gasteiger partial charge in [-0.05, 0) is 38.1 Å². The van der Waals surface area contributed by atoms with E-state index >= 15 is 0 Å². The van der Waals surface area contributed by atoms with Crippen LogP contribution >= 0.6 is 11.6 Å². The molecule has 0 N–H and O–H groups in total. The highest BCUT2D eigenvalue weighted by Crippen LogP contribution is 2.24. The van der Waals surface area contributed by atoms with Crippen molar-refractivity contribution in [2.75, 3.05) is 19.6 Å². The molecule has 20 heavy (non-hydrogen) atoms. The summed E-state index contributed by atoms with van der Waals surface area (Å²) < 4.78 is 2.15. The Balaban J connectivity index is 1.83. The molecule has 1 aromatic carbocycles. The molecule has 0 spiro atoms. The molecule has 0 aliphatic carbocycles. The Bertz CT molecular complexity index is 614. The van der Waals surface area contributed by atoms with Crippen molar-refractivity contribution >= 4 is 28.8 Å². The maximum atomic E-state index is 11.2. The predicted octanol–water partition coefficient (Wildman–Crippen LogP) is 3.59. The third-order valence-corrected chi connectivity index (χ3v) is 4.34. The number of aldehydes is 1. The van der Waals surface area contributed by atoms with E-state index in [0.29, 0.717) is 5.02 Å². The van der Waals surface area contributed by atoms with Gasteiger partial charge in [0.1, 0.15) is 0 Å². The standard InChI is InChI=1S/C16H19ClN2O/c17-14-4-5-15-13(12-20)11-19(16(15)10-14)9-8-18-6-2-1-3-7-18/h4-5,10-12H,1-3,6-9H2. The number of carbonyl (C=O) groups excluding carboxylic acids is 1. The van der Waals surface area contributed by atoms with Gasteiger partial charge in [-0.3, -0.25) is 4.79 Å². The summed E-state index contributed by atoms with van der Waals surface area (Å²) in [6.07, 6.45) is 6.83. The molecular formula is C16H19ClN2O. The molecule has 3 nitrogen and oxygen atoms in total. The molecular weight excluding hydrogens is 272 g/mol. The zero-order valence-electron chi connectivity index (χ0n) is 11.5. The minimum Gasteiger partial charge on any atom is -0.345 e. The van der Waals surface area contributed by atoms with Crippen molar-refractivity contribution in [2.45, 2.75) is 25.8 Å². The van der Waals surface area contributed by atoms with Gasteiger partial charge in [0, 0.05) is 35.3 Å². The third-order valence-electron chi connectivity index (χ3n) is 4.11. The summed E-state index contributed by atoms with van der Waals surface area (Å²) in [6.45, 7) is 4.33. The smallest absolute Gasteiger partial charge is 0.152 e. The van der Waals surface area contributed by atoms with Gasteiger partial charge in [-0.2, -0.15) is 0 Å². The monoisotopic (exact) mass is 290 g/mol. The van der Waals surface area contributed by atoms with Crippen LogP contribution in [0, 0.1) is 0 Å². The highest BCUT2D eigenvalue weighted by Gasteiger charge is 2.12. The summed E-state index contributed by atoms with van der Waals surface area (Å²) in [4.78, 5) is 13.7. The van der Waals surface area contributed by atoms with Crippen LogP contribution in [0.5, 0.6) is 0 Å². The van der Waals surface area contributed by atoms with E-state index in [1.165, 1.54) is 32.4 Å². The van der Waals surface area contributed by atoms with E-state index in [-0.39, 0.29) is 0 Å². The van der Waals surface area contributed by atoms with Gasteiger partial charge in [0.15, 0.2) is 6.29 Å². The molecule has 1 saturated heterocycles. The molecule has 1 aromatic heterocycles. The minimum atomic E-state index is 0.715. The molecule has 3 rings (SSSR count). The van der Waals surface area contributed by atoms with Gasteiger partial charge in [0.2, 0.25) is 0 Å². The molecule has 0 unspecified atom stereocenters. The zero-order valence-corrected chi connectivity index (χ0v) is 12.3. The lowest BCUT2D eigenvalue weighted by molar-refractivity contribution is 0.112. The number of hydrogen-bond acceptors (Lipinski definition) is 2. The van der Waals surface area contributed by atoms with Crippen molar-refractivity contribution in [2.24, 2.45) is 0 Å². The summed E-state index contributed by atoms with van der Waals surface area (Å²) in [5, 5.41) is 1.70. The lowest BCUT2D eigenvalue weighted by atomic mass is 10.1. The quantitative estimate of drug-likeness (QED) is 0.804. The molecule has 1 aliphatic heterocycles. The molecule has 2 aromatic rings. The van der Waals surface area contributed by atoms with Gasteiger partial charge in [-0.15, -0.1) is 0 Å². The Hall–Kier alpha value is -1.32. The van der Waals surface area contributed by atoms with E-state index < -0.39 is 0 Å². The number of rotatable bonds is 4. The Morgan fingerprint density at radius 3 is 2.70 bits per heavy atom. The Kier molecular flexibility index (Phi) is 4.08. The first-order valence-electron chi connectivity index (χ1n) is 7.24. The topological polar surface area (TPSA) is 25.2 Å². The highest BCUT2D eigenvalue weighted by atomic mass is 35.5. The van der Waals surface area contributed by atoms with E-state index in [1.54, 1.807) is 0 Å². The average molecular weight is 291 g/mol. The number of benzene rings is 1. The van der Waals surface area contributed by atoms with Crippen LogP contribution in [-0.2, 0) is 6.54 Å². The molecule has 106 valence electrons. The Labute approximate surface area is 124 Å². The third kappa shape index (κ3) is 2.74.